The monoisotopic (exact) mass is 391 g/mol. The first-order valence-corrected chi connectivity index (χ1v) is 8.43. The molecule has 1 saturated heterocycles. The SMILES string of the molecule is NC(=Nc1ccc(F)c(Br)c1)C(=O)C1CCN(S(=O)O)CC1. The first-order valence-electron chi connectivity index (χ1n) is 6.58. The molecule has 22 heavy (non-hydrogen) atoms. The highest BCUT2D eigenvalue weighted by molar-refractivity contribution is 9.10. The lowest BCUT2D eigenvalue weighted by Gasteiger charge is -2.27. The summed E-state index contributed by atoms with van der Waals surface area (Å²) in [6.07, 6.45) is 0.906. The summed E-state index contributed by atoms with van der Waals surface area (Å²) < 4.78 is 34.7. The number of ketones is 1. The summed E-state index contributed by atoms with van der Waals surface area (Å²) in [4.78, 5) is 16.2. The minimum absolute atomic E-state index is 0.137. The Morgan fingerprint density at radius 2 is 2.09 bits per heavy atom. The third-order valence-electron chi connectivity index (χ3n) is 3.45. The Labute approximate surface area is 138 Å². The van der Waals surface area contributed by atoms with Crippen molar-refractivity contribution in [2.75, 3.05) is 13.1 Å². The van der Waals surface area contributed by atoms with Gasteiger partial charge in [0.1, 0.15) is 5.82 Å². The van der Waals surface area contributed by atoms with Crippen molar-refractivity contribution < 1.29 is 17.9 Å². The van der Waals surface area contributed by atoms with Crippen molar-refractivity contribution in [1.82, 2.24) is 4.31 Å². The number of hydrogen-bond donors (Lipinski definition) is 2. The maximum atomic E-state index is 13.1. The van der Waals surface area contributed by atoms with E-state index in [0.29, 0.717) is 31.6 Å². The van der Waals surface area contributed by atoms with E-state index in [1.165, 1.54) is 22.5 Å². The summed E-state index contributed by atoms with van der Waals surface area (Å²) in [6, 6.07) is 4.10. The van der Waals surface area contributed by atoms with Gasteiger partial charge in [0, 0.05) is 19.0 Å². The van der Waals surface area contributed by atoms with Crippen molar-refractivity contribution in [2.45, 2.75) is 12.8 Å². The molecular weight excluding hydrogens is 377 g/mol. The third kappa shape index (κ3) is 4.19. The Bertz CT molecular complexity index is 633. The van der Waals surface area contributed by atoms with Gasteiger partial charge in [0.25, 0.3) is 0 Å². The third-order valence-corrected chi connectivity index (χ3v) is 4.87. The van der Waals surface area contributed by atoms with E-state index in [-0.39, 0.29) is 22.0 Å². The van der Waals surface area contributed by atoms with Crippen molar-refractivity contribution in [2.24, 2.45) is 16.6 Å². The highest BCUT2D eigenvalue weighted by Crippen LogP contribution is 2.23. The van der Waals surface area contributed by atoms with Gasteiger partial charge in [-0.05, 0) is 47.0 Å². The van der Waals surface area contributed by atoms with E-state index in [9.17, 15) is 13.4 Å². The maximum absolute atomic E-state index is 13.1. The Kier molecular flexibility index (Phi) is 5.79. The number of nitrogens with two attached hydrogens (primary N) is 1. The molecule has 1 unspecified atom stereocenters. The molecule has 1 aliphatic heterocycles. The number of piperidine rings is 1. The van der Waals surface area contributed by atoms with Crippen molar-refractivity contribution >= 4 is 44.5 Å². The second-order valence-electron chi connectivity index (χ2n) is 4.89. The van der Waals surface area contributed by atoms with Crippen LogP contribution in [0.2, 0.25) is 0 Å². The molecule has 0 aromatic heterocycles. The fraction of sp³-hybridized carbons (Fsp3) is 0.385. The zero-order valence-electron chi connectivity index (χ0n) is 11.5. The summed E-state index contributed by atoms with van der Waals surface area (Å²) in [5.41, 5.74) is 6.11. The average molecular weight is 392 g/mol. The molecule has 1 heterocycles. The Morgan fingerprint density at radius 3 is 2.64 bits per heavy atom. The van der Waals surface area contributed by atoms with Crippen LogP contribution in [0.3, 0.4) is 0 Å². The number of rotatable bonds is 4. The van der Waals surface area contributed by atoms with Gasteiger partial charge in [0.15, 0.2) is 5.84 Å². The van der Waals surface area contributed by atoms with Gasteiger partial charge in [-0.15, -0.1) is 0 Å². The molecule has 0 amide bonds. The first kappa shape index (κ1) is 17.2. The number of nitrogens with zero attached hydrogens (tertiary/aromatic N) is 2. The largest absolute Gasteiger partial charge is 0.381 e. The molecule has 9 heteroatoms. The predicted molar refractivity (Wildman–Crippen MR) is 85.5 cm³/mol. The second-order valence-corrected chi connectivity index (χ2v) is 6.73. The van der Waals surface area contributed by atoms with Crippen LogP contribution in [-0.2, 0) is 16.1 Å². The second kappa shape index (κ2) is 7.40. The lowest BCUT2D eigenvalue weighted by atomic mass is 9.93. The molecule has 1 atom stereocenters. The van der Waals surface area contributed by atoms with Crippen LogP contribution in [-0.4, -0.2) is 37.8 Å². The summed E-state index contributed by atoms with van der Waals surface area (Å²) in [5, 5.41) is 0. The lowest BCUT2D eigenvalue weighted by molar-refractivity contribution is -0.117. The van der Waals surface area contributed by atoms with Gasteiger partial charge >= 0.3 is 0 Å². The molecule has 0 radical (unpaired) electrons. The summed E-state index contributed by atoms with van der Waals surface area (Å²) in [6.45, 7) is 0.712. The number of carbonyl (C=O) groups excluding carboxylic acids is 1. The fourth-order valence-electron chi connectivity index (χ4n) is 2.23. The van der Waals surface area contributed by atoms with E-state index in [0.717, 1.165) is 0 Å². The van der Waals surface area contributed by atoms with Gasteiger partial charge in [-0.3, -0.25) is 9.35 Å². The van der Waals surface area contributed by atoms with Crippen LogP contribution in [0.1, 0.15) is 12.8 Å². The van der Waals surface area contributed by atoms with Gasteiger partial charge in [-0.25, -0.2) is 17.9 Å². The van der Waals surface area contributed by atoms with Crippen LogP contribution in [0.25, 0.3) is 0 Å². The van der Waals surface area contributed by atoms with Crippen molar-refractivity contribution in [3.05, 3.63) is 28.5 Å². The van der Waals surface area contributed by atoms with Crippen LogP contribution in [0.4, 0.5) is 10.1 Å². The van der Waals surface area contributed by atoms with Crippen LogP contribution in [0, 0.1) is 11.7 Å². The van der Waals surface area contributed by atoms with Gasteiger partial charge in [0.05, 0.1) is 10.2 Å². The standard InChI is InChI=1S/C13H15BrFN3O3S/c14-10-7-9(1-2-11(10)15)17-13(16)12(19)8-3-5-18(6-4-8)22(20)21/h1-2,7-8H,3-6H2,(H2,16,17)(H,20,21). The normalized spacial score (nSPS) is 19.1. The first-order chi connectivity index (χ1) is 10.4. The van der Waals surface area contributed by atoms with Gasteiger partial charge in [-0.2, -0.15) is 0 Å². The molecular formula is C13H15BrFN3O3S. The molecule has 6 nitrogen and oxygen atoms in total. The number of hydrogen-bond acceptors (Lipinski definition) is 3. The zero-order valence-corrected chi connectivity index (χ0v) is 13.9. The molecule has 1 aliphatic rings. The van der Waals surface area contributed by atoms with Gasteiger partial charge in [0.2, 0.25) is 17.0 Å². The molecule has 2 rings (SSSR count). The summed E-state index contributed by atoms with van der Waals surface area (Å²) in [5.74, 6) is -1.16. The van der Waals surface area contributed by atoms with E-state index in [1.807, 2.05) is 0 Å². The van der Waals surface area contributed by atoms with E-state index < -0.39 is 17.1 Å². The molecule has 0 bridgehead atoms. The van der Waals surface area contributed by atoms with Gasteiger partial charge < -0.3 is 5.73 Å². The number of aliphatic imine (C=N–C) groups is 1. The highest BCUT2D eigenvalue weighted by atomic mass is 79.9. The Morgan fingerprint density at radius 1 is 1.45 bits per heavy atom. The average Bonchev–Trinajstić information content (AvgIpc) is 2.50. The highest BCUT2D eigenvalue weighted by Gasteiger charge is 2.28. The molecule has 0 aliphatic carbocycles. The van der Waals surface area contributed by atoms with Crippen LogP contribution in [0.15, 0.2) is 27.7 Å². The van der Waals surface area contributed by atoms with E-state index in [2.05, 4.69) is 20.9 Å². The number of Topliss-reactive ketones (excluding diaryl/α,β-unsaturated/α-hetero) is 1. The summed E-state index contributed by atoms with van der Waals surface area (Å²) >= 11 is 1.03. The summed E-state index contributed by atoms with van der Waals surface area (Å²) in [7, 11) is 0. The molecule has 0 spiro atoms. The number of amidine groups is 1. The van der Waals surface area contributed by atoms with Crippen LogP contribution >= 0.6 is 15.9 Å². The van der Waals surface area contributed by atoms with Crippen molar-refractivity contribution in [3.8, 4) is 0 Å². The molecule has 1 aromatic carbocycles. The van der Waals surface area contributed by atoms with Crippen molar-refractivity contribution in [1.29, 1.82) is 0 Å². The Balaban J connectivity index is 2.04. The van der Waals surface area contributed by atoms with E-state index in [4.69, 9.17) is 10.3 Å². The molecule has 0 saturated carbocycles. The number of benzene rings is 1. The Hall–Kier alpha value is -1.16. The number of halogens is 2. The quantitative estimate of drug-likeness (QED) is 0.465. The van der Waals surface area contributed by atoms with E-state index in [1.54, 1.807) is 0 Å². The predicted octanol–water partition coefficient (Wildman–Crippen LogP) is 1.99. The number of carbonyl (C=O) groups is 1. The molecule has 1 fully saturated rings. The minimum atomic E-state index is -2.01. The topological polar surface area (TPSA) is 96.0 Å². The van der Waals surface area contributed by atoms with Crippen LogP contribution in [0.5, 0.6) is 0 Å². The molecule has 120 valence electrons. The van der Waals surface area contributed by atoms with Gasteiger partial charge in [-0.1, -0.05) is 0 Å². The van der Waals surface area contributed by atoms with E-state index >= 15 is 0 Å². The minimum Gasteiger partial charge on any atom is -0.381 e. The maximum Gasteiger partial charge on any atom is 0.234 e. The fourth-order valence-corrected chi connectivity index (χ4v) is 3.12. The zero-order chi connectivity index (χ0) is 16.3. The lowest BCUT2D eigenvalue weighted by Crippen LogP contribution is -2.40. The molecule has 1 aromatic rings. The molecule has 3 N–H and O–H groups in total. The van der Waals surface area contributed by atoms with Crippen LogP contribution < -0.4 is 5.73 Å². The van der Waals surface area contributed by atoms with Crippen molar-refractivity contribution in [3.63, 3.8) is 0 Å². The smallest absolute Gasteiger partial charge is 0.234 e.